The number of aromatic nitrogens is 4. The molecule has 1 N–H and O–H groups in total. The Labute approximate surface area is 147 Å². The molecule has 2 aromatic heterocycles. The summed E-state index contributed by atoms with van der Waals surface area (Å²) in [5.74, 6) is 1.43. The van der Waals surface area contributed by atoms with Gasteiger partial charge in [0, 0.05) is 30.1 Å². The lowest BCUT2D eigenvalue weighted by Crippen LogP contribution is -2.38. The summed E-state index contributed by atoms with van der Waals surface area (Å²) in [5.41, 5.74) is 2.78. The standard InChI is InChI=1S/C19H23N5O/c1-11-6-12(11)18(25)24-15-8-19(2,3)7-14-13(15)9-22-17(23-14)16-10-20-4-5-21-16/h4-5,9-12,15H,6-8H2,1-3H3,(H,24,25). The first-order chi connectivity index (χ1) is 11.9. The Hall–Kier alpha value is -2.37. The van der Waals surface area contributed by atoms with Crippen LogP contribution in [-0.2, 0) is 11.2 Å². The summed E-state index contributed by atoms with van der Waals surface area (Å²) < 4.78 is 0. The summed E-state index contributed by atoms with van der Waals surface area (Å²) in [6, 6.07) is -0.0186. The lowest BCUT2D eigenvalue weighted by atomic mass is 9.74. The molecule has 130 valence electrons. The van der Waals surface area contributed by atoms with Gasteiger partial charge >= 0.3 is 0 Å². The highest BCUT2D eigenvalue weighted by Crippen LogP contribution is 2.42. The van der Waals surface area contributed by atoms with Crippen LogP contribution in [0.25, 0.3) is 11.5 Å². The minimum atomic E-state index is -0.0186. The van der Waals surface area contributed by atoms with Crippen molar-refractivity contribution >= 4 is 5.91 Å². The Morgan fingerprint density at radius 3 is 2.72 bits per heavy atom. The first-order valence-corrected chi connectivity index (χ1v) is 8.85. The van der Waals surface area contributed by atoms with E-state index in [9.17, 15) is 4.79 Å². The van der Waals surface area contributed by atoms with Gasteiger partial charge in [0.15, 0.2) is 5.82 Å². The van der Waals surface area contributed by atoms with Crippen LogP contribution >= 0.6 is 0 Å². The predicted octanol–water partition coefficient (Wildman–Crippen LogP) is 2.72. The van der Waals surface area contributed by atoms with Gasteiger partial charge in [-0.2, -0.15) is 0 Å². The van der Waals surface area contributed by atoms with Crippen LogP contribution in [-0.4, -0.2) is 25.8 Å². The SMILES string of the molecule is CC1CC1C(=O)NC1CC(C)(C)Cc2nc(-c3cnccn3)ncc21. The third kappa shape index (κ3) is 3.25. The minimum absolute atomic E-state index is 0.0186. The summed E-state index contributed by atoms with van der Waals surface area (Å²) in [5, 5.41) is 3.24. The number of fused-ring (bicyclic) bond motifs is 1. The lowest BCUT2D eigenvalue weighted by Gasteiger charge is -2.36. The van der Waals surface area contributed by atoms with Gasteiger partial charge in [0.25, 0.3) is 0 Å². The van der Waals surface area contributed by atoms with E-state index in [-0.39, 0.29) is 23.3 Å². The van der Waals surface area contributed by atoms with Crippen LogP contribution in [0.15, 0.2) is 24.8 Å². The smallest absolute Gasteiger partial charge is 0.223 e. The Kier molecular flexibility index (Phi) is 3.78. The fourth-order valence-corrected chi connectivity index (χ4v) is 3.68. The maximum absolute atomic E-state index is 12.4. The summed E-state index contributed by atoms with van der Waals surface area (Å²) in [6.45, 7) is 6.57. The van der Waals surface area contributed by atoms with Crippen molar-refractivity contribution in [3.05, 3.63) is 36.0 Å². The highest BCUT2D eigenvalue weighted by Gasteiger charge is 2.41. The molecule has 2 heterocycles. The Balaban J connectivity index is 1.65. The molecule has 2 aromatic rings. The van der Waals surface area contributed by atoms with Crippen molar-refractivity contribution < 1.29 is 4.79 Å². The minimum Gasteiger partial charge on any atom is -0.349 e. The third-order valence-corrected chi connectivity index (χ3v) is 5.23. The van der Waals surface area contributed by atoms with Crippen molar-refractivity contribution in [1.82, 2.24) is 25.3 Å². The molecule has 0 spiro atoms. The Bertz CT molecular complexity index is 805. The van der Waals surface area contributed by atoms with Crippen LogP contribution in [0.5, 0.6) is 0 Å². The quantitative estimate of drug-likeness (QED) is 0.931. The lowest BCUT2D eigenvalue weighted by molar-refractivity contribution is -0.123. The van der Waals surface area contributed by atoms with Crippen LogP contribution in [0.4, 0.5) is 0 Å². The average molecular weight is 337 g/mol. The van der Waals surface area contributed by atoms with Crippen molar-refractivity contribution in [2.75, 3.05) is 0 Å². The van der Waals surface area contributed by atoms with Gasteiger partial charge in [0.2, 0.25) is 5.91 Å². The number of nitrogens with one attached hydrogen (secondary N) is 1. The Morgan fingerprint density at radius 2 is 2.04 bits per heavy atom. The van der Waals surface area contributed by atoms with Crippen LogP contribution in [0.1, 0.15) is 50.9 Å². The second-order valence-corrected chi connectivity index (χ2v) is 8.11. The van der Waals surface area contributed by atoms with Gasteiger partial charge in [-0.1, -0.05) is 20.8 Å². The number of hydrogen-bond donors (Lipinski definition) is 1. The molecule has 1 amide bonds. The molecule has 0 aromatic carbocycles. The summed E-state index contributed by atoms with van der Waals surface area (Å²) >= 11 is 0. The van der Waals surface area contributed by atoms with Gasteiger partial charge in [0.1, 0.15) is 5.69 Å². The molecule has 0 bridgehead atoms. The predicted molar refractivity (Wildman–Crippen MR) is 93.3 cm³/mol. The first-order valence-electron chi connectivity index (χ1n) is 8.85. The number of hydrogen-bond acceptors (Lipinski definition) is 5. The van der Waals surface area contributed by atoms with E-state index < -0.39 is 0 Å². The zero-order valence-corrected chi connectivity index (χ0v) is 14.9. The molecule has 2 aliphatic carbocycles. The number of carbonyl (C=O) groups excluding carboxylic acids is 1. The molecule has 0 radical (unpaired) electrons. The highest BCUT2D eigenvalue weighted by atomic mass is 16.2. The number of nitrogens with zero attached hydrogens (tertiary/aromatic N) is 4. The zero-order valence-electron chi connectivity index (χ0n) is 14.9. The van der Waals surface area contributed by atoms with Crippen LogP contribution in [0, 0.1) is 17.3 Å². The molecular weight excluding hydrogens is 314 g/mol. The molecule has 0 aliphatic heterocycles. The number of amides is 1. The number of carbonyl (C=O) groups is 1. The largest absolute Gasteiger partial charge is 0.349 e. The average Bonchev–Trinajstić information content (AvgIpc) is 3.31. The number of rotatable bonds is 3. The maximum Gasteiger partial charge on any atom is 0.223 e. The van der Waals surface area contributed by atoms with Crippen LogP contribution in [0.3, 0.4) is 0 Å². The summed E-state index contributed by atoms with van der Waals surface area (Å²) in [7, 11) is 0. The second-order valence-electron chi connectivity index (χ2n) is 8.11. The monoisotopic (exact) mass is 337 g/mol. The Morgan fingerprint density at radius 1 is 1.24 bits per heavy atom. The molecule has 3 atom stereocenters. The van der Waals surface area contributed by atoms with E-state index in [0.717, 1.165) is 30.5 Å². The molecule has 2 aliphatic rings. The van der Waals surface area contributed by atoms with E-state index in [4.69, 9.17) is 4.98 Å². The molecule has 0 saturated heterocycles. The van der Waals surface area contributed by atoms with E-state index in [1.54, 1.807) is 18.6 Å². The molecule has 6 heteroatoms. The molecule has 4 rings (SSSR count). The van der Waals surface area contributed by atoms with Crippen molar-refractivity contribution in [2.45, 2.75) is 46.1 Å². The normalized spacial score (nSPS) is 26.6. The van der Waals surface area contributed by atoms with E-state index in [2.05, 4.69) is 41.0 Å². The van der Waals surface area contributed by atoms with E-state index >= 15 is 0 Å². The maximum atomic E-state index is 12.4. The third-order valence-electron chi connectivity index (χ3n) is 5.23. The molecule has 25 heavy (non-hydrogen) atoms. The van der Waals surface area contributed by atoms with Crippen LogP contribution < -0.4 is 5.32 Å². The highest BCUT2D eigenvalue weighted by molar-refractivity contribution is 5.81. The molecular formula is C19H23N5O. The van der Waals surface area contributed by atoms with Gasteiger partial charge in [-0.05, 0) is 30.6 Å². The first kappa shape index (κ1) is 16.1. The molecule has 3 unspecified atom stereocenters. The van der Waals surface area contributed by atoms with Gasteiger partial charge < -0.3 is 5.32 Å². The topological polar surface area (TPSA) is 80.7 Å². The van der Waals surface area contributed by atoms with Gasteiger partial charge in [-0.3, -0.25) is 9.78 Å². The van der Waals surface area contributed by atoms with Crippen molar-refractivity contribution in [3.8, 4) is 11.5 Å². The molecule has 6 nitrogen and oxygen atoms in total. The summed E-state index contributed by atoms with van der Waals surface area (Å²) in [4.78, 5) is 30.0. The fourth-order valence-electron chi connectivity index (χ4n) is 3.68. The van der Waals surface area contributed by atoms with Gasteiger partial charge in [-0.25, -0.2) is 15.0 Å². The van der Waals surface area contributed by atoms with Crippen molar-refractivity contribution in [1.29, 1.82) is 0 Å². The van der Waals surface area contributed by atoms with E-state index in [0.29, 0.717) is 17.4 Å². The molecule has 1 saturated carbocycles. The van der Waals surface area contributed by atoms with Crippen molar-refractivity contribution in [2.24, 2.45) is 17.3 Å². The van der Waals surface area contributed by atoms with E-state index in [1.807, 2.05) is 6.20 Å². The second kappa shape index (κ2) is 5.86. The zero-order chi connectivity index (χ0) is 17.6. The summed E-state index contributed by atoms with van der Waals surface area (Å²) in [6.07, 6.45) is 9.56. The fraction of sp³-hybridized carbons (Fsp3) is 0.526. The molecule has 1 fully saturated rings. The van der Waals surface area contributed by atoms with E-state index in [1.165, 1.54) is 0 Å². The van der Waals surface area contributed by atoms with Gasteiger partial charge in [0.05, 0.1) is 17.9 Å². The van der Waals surface area contributed by atoms with Crippen LogP contribution in [0.2, 0.25) is 0 Å². The van der Waals surface area contributed by atoms with Gasteiger partial charge in [-0.15, -0.1) is 0 Å². The van der Waals surface area contributed by atoms with Crippen molar-refractivity contribution in [3.63, 3.8) is 0 Å².